The lowest BCUT2D eigenvalue weighted by molar-refractivity contribution is 0.126. The molecule has 1 fully saturated rings. The number of aliphatic hydroxyl groups is 1. The molecule has 2 nitrogen and oxygen atoms in total. The van der Waals surface area contributed by atoms with E-state index in [0.29, 0.717) is 18.6 Å². The van der Waals surface area contributed by atoms with Crippen molar-refractivity contribution in [2.75, 3.05) is 6.61 Å². The minimum atomic E-state index is 0.351. The molecule has 0 amide bonds. The normalized spacial score (nSPS) is 25.8. The third kappa shape index (κ3) is 2.34. The van der Waals surface area contributed by atoms with E-state index in [4.69, 9.17) is 5.11 Å². The zero-order chi connectivity index (χ0) is 9.80. The number of hydrogen-bond donors (Lipinski definition) is 2. The molecule has 1 saturated carbocycles. The lowest BCUT2D eigenvalue weighted by Crippen LogP contribution is -2.42. The number of benzene rings is 1. The minimum Gasteiger partial charge on any atom is -0.396 e. The second-order valence-corrected chi connectivity index (χ2v) is 4.08. The molecule has 0 radical (unpaired) electrons. The molecule has 2 heteroatoms. The van der Waals surface area contributed by atoms with Gasteiger partial charge in [-0.1, -0.05) is 30.3 Å². The predicted octanol–water partition coefficient (Wildman–Crippen LogP) is 1.55. The Kier molecular flexibility index (Phi) is 3.17. The summed E-state index contributed by atoms with van der Waals surface area (Å²) >= 11 is 0. The molecule has 1 aliphatic rings. The monoisotopic (exact) mass is 191 g/mol. The lowest BCUT2D eigenvalue weighted by Gasteiger charge is -2.34. The molecule has 2 N–H and O–H groups in total. The van der Waals surface area contributed by atoms with Crippen molar-refractivity contribution in [3.63, 3.8) is 0 Å². The fourth-order valence-corrected chi connectivity index (χ4v) is 1.91. The lowest BCUT2D eigenvalue weighted by atomic mass is 9.81. The average Bonchev–Trinajstić information content (AvgIpc) is 2.17. The number of rotatable bonds is 4. The average molecular weight is 191 g/mol. The minimum absolute atomic E-state index is 0.351. The van der Waals surface area contributed by atoms with Crippen LogP contribution in [0.2, 0.25) is 0 Å². The number of hydrogen-bond acceptors (Lipinski definition) is 2. The van der Waals surface area contributed by atoms with Crippen LogP contribution in [-0.2, 0) is 6.54 Å². The van der Waals surface area contributed by atoms with Gasteiger partial charge in [0.05, 0.1) is 0 Å². The maximum Gasteiger partial charge on any atom is 0.0460 e. The van der Waals surface area contributed by atoms with E-state index in [0.717, 1.165) is 19.4 Å². The molecular formula is C12H17NO. The summed E-state index contributed by atoms with van der Waals surface area (Å²) in [6.07, 6.45) is 2.26. The van der Waals surface area contributed by atoms with Gasteiger partial charge >= 0.3 is 0 Å². The van der Waals surface area contributed by atoms with E-state index in [1.165, 1.54) is 5.56 Å². The van der Waals surface area contributed by atoms with Gasteiger partial charge in [-0.3, -0.25) is 0 Å². The highest BCUT2D eigenvalue weighted by Crippen LogP contribution is 2.26. The second-order valence-electron chi connectivity index (χ2n) is 4.08. The molecule has 0 aromatic heterocycles. The Labute approximate surface area is 85.0 Å². The van der Waals surface area contributed by atoms with Crippen molar-refractivity contribution in [1.29, 1.82) is 0 Å². The highest BCUT2D eigenvalue weighted by atomic mass is 16.3. The molecule has 14 heavy (non-hydrogen) atoms. The molecule has 1 aromatic carbocycles. The summed E-state index contributed by atoms with van der Waals surface area (Å²) < 4.78 is 0. The Morgan fingerprint density at radius 3 is 2.57 bits per heavy atom. The van der Waals surface area contributed by atoms with Crippen LogP contribution in [0.15, 0.2) is 30.3 Å². The summed E-state index contributed by atoms with van der Waals surface area (Å²) in [5.74, 6) is 0.545. The first kappa shape index (κ1) is 9.69. The van der Waals surface area contributed by atoms with Gasteiger partial charge in [0.2, 0.25) is 0 Å². The molecule has 0 aliphatic heterocycles. The summed E-state index contributed by atoms with van der Waals surface area (Å²) in [5, 5.41) is 12.3. The first-order valence-electron chi connectivity index (χ1n) is 5.26. The van der Waals surface area contributed by atoms with Crippen LogP contribution in [-0.4, -0.2) is 17.8 Å². The van der Waals surface area contributed by atoms with Crippen LogP contribution in [0.1, 0.15) is 18.4 Å². The molecule has 0 unspecified atom stereocenters. The van der Waals surface area contributed by atoms with Crippen molar-refractivity contribution in [2.45, 2.75) is 25.4 Å². The van der Waals surface area contributed by atoms with Gasteiger partial charge in [-0.05, 0) is 24.3 Å². The van der Waals surface area contributed by atoms with Gasteiger partial charge in [0, 0.05) is 19.2 Å². The van der Waals surface area contributed by atoms with Gasteiger partial charge in [0.15, 0.2) is 0 Å². The van der Waals surface area contributed by atoms with Crippen LogP contribution < -0.4 is 5.32 Å². The maximum absolute atomic E-state index is 8.86. The van der Waals surface area contributed by atoms with E-state index < -0.39 is 0 Å². The quantitative estimate of drug-likeness (QED) is 0.756. The van der Waals surface area contributed by atoms with E-state index in [1.54, 1.807) is 0 Å². The SMILES string of the molecule is OCC1CC(NCc2ccccc2)C1. The van der Waals surface area contributed by atoms with Crippen molar-refractivity contribution < 1.29 is 5.11 Å². The summed E-state index contributed by atoms with van der Waals surface area (Å²) in [6, 6.07) is 11.1. The Morgan fingerprint density at radius 1 is 1.21 bits per heavy atom. The van der Waals surface area contributed by atoms with E-state index in [2.05, 4.69) is 29.6 Å². The fourth-order valence-electron chi connectivity index (χ4n) is 1.91. The fraction of sp³-hybridized carbons (Fsp3) is 0.500. The molecule has 0 atom stereocenters. The van der Waals surface area contributed by atoms with Crippen LogP contribution in [0.4, 0.5) is 0 Å². The van der Waals surface area contributed by atoms with E-state index >= 15 is 0 Å². The van der Waals surface area contributed by atoms with Crippen molar-refractivity contribution in [1.82, 2.24) is 5.32 Å². The van der Waals surface area contributed by atoms with Gasteiger partial charge < -0.3 is 10.4 Å². The van der Waals surface area contributed by atoms with E-state index in [-0.39, 0.29) is 0 Å². The van der Waals surface area contributed by atoms with Crippen molar-refractivity contribution in [3.8, 4) is 0 Å². The molecule has 76 valence electrons. The molecule has 0 saturated heterocycles. The molecule has 1 aliphatic carbocycles. The molecule has 0 bridgehead atoms. The zero-order valence-electron chi connectivity index (χ0n) is 8.32. The van der Waals surface area contributed by atoms with Crippen LogP contribution >= 0.6 is 0 Å². The topological polar surface area (TPSA) is 32.3 Å². The Hall–Kier alpha value is -0.860. The van der Waals surface area contributed by atoms with Crippen LogP contribution in [0, 0.1) is 5.92 Å². The van der Waals surface area contributed by atoms with Crippen LogP contribution in [0.3, 0.4) is 0 Å². The van der Waals surface area contributed by atoms with Crippen molar-refractivity contribution in [2.24, 2.45) is 5.92 Å². The van der Waals surface area contributed by atoms with Gasteiger partial charge in [0.25, 0.3) is 0 Å². The molecule has 1 aromatic rings. The van der Waals surface area contributed by atoms with Gasteiger partial charge in [-0.2, -0.15) is 0 Å². The standard InChI is InChI=1S/C12H17NO/c14-9-11-6-12(7-11)13-8-10-4-2-1-3-5-10/h1-5,11-14H,6-9H2. The summed E-state index contributed by atoms with van der Waals surface area (Å²) in [4.78, 5) is 0. The maximum atomic E-state index is 8.86. The van der Waals surface area contributed by atoms with Crippen LogP contribution in [0.5, 0.6) is 0 Å². The molecule has 2 rings (SSSR count). The van der Waals surface area contributed by atoms with E-state index in [9.17, 15) is 0 Å². The second kappa shape index (κ2) is 4.58. The first-order chi connectivity index (χ1) is 6.88. The molecule has 0 heterocycles. The predicted molar refractivity (Wildman–Crippen MR) is 56.9 cm³/mol. The highest BCUT2D eigenvalue weighted by Gasteiger charge is 2.27. The van der Waals surface area contributed by atoms with Gasteiger partial charge in [-0.15, -0.1) is 0 Å². The van der Waals surface area contributed by atoms with Gasteiger partial charge in [-0.25, -0.2) is 0 Å². The highest BCUT2D eigenvalue weighted by molar-refractivity contribution is 5.14. The van der Waals surface area contributed by atoms with E-state index in [1.807, 2.05) is 6.07 Å². The Morgan fingerprint density at radius 2 is 1.93 bits per heavy atom. The summed E-state index contributed by atoms with van der Waals surface area (Å²) in [6.45, 7) is 1.30. The third-order valence-corrected chi connectivity index (χ3v) is 2.93. The molecule has 0 spiro atoms. The third-order valence-electron chi connectivity index (χ3n) is 2.93. The largest absolute Gasteiger partial charge is 0.396 e. The van der Waals surface area contributed by atoms with Crippen molar-refractivity contribution in [3.05, 3.63) is 35.9 Å². The summed E-state index contributed by atoms with van der Waals surface area (Å²) in [5.41, 5.74) is 1.33. The zero-order valence-corrected chi connectivity index (χ0v) is 8.32. The Bertz CT molecular complexity index is 267. The summed E-state index contributed by atoms with van der Waals surface area (Å²) in [7, 11) is 0. The smallest absolute Gasteiger partial charge is 0.0460 e. The number of aliphatic hydroxyl groups excluding tert-OH is 1. The number of nitrogens with one attached hydrogen (secondary N) is 1. The first-order valence-corrected chi connectivity index (χ1v) is 5.26. The molecular weight excluding hydrogens is 174 g/mol. The Balaban J connectivity index is 1.69. The van der Waals surface area contributed by atoms with Crippen LogP contribution in [0.25, 0.3) is 0 Å². The van der Waals surface area contributed by atoms with Gasteiger partial charge in [0.1, 0.15) is 0 Å². The van der Waals surface area contributed by atoms with Crippen molar-refractivity contribution >= 4 is 0 Å².